The Morgan fingerprint density at radius 1 is 1.00 bits per heavy atom. The van der Waals surface area contributed by atoms with Gasteiger partial charge in [0.2, 0.25) is 0 Å². The average Bonchev–Trinajstić information content (AvgIpc) is 3.07. The Hall–Kier alpha value is -3.62. The number of amides is 1. The summed E-state index contributed by atoms with van der Waals surface area (Å²) in [6, 6.07) is 18.3. The van der Waals surface area contributed by atoms with Crippen molar-refractivity contribution in [3.8, 4) is 11.1 Å². The number of fused-ring (bicyclic) bond motifs is 3. The lowest BCUT2D eigenvalue weighted by molar-refractivity contribution is 0.0697. The van der Waals surface area contributed by atoms with Crippen molar-refractivity contribution in [2.45, 2.75) is 12.8 Å². The van der Waals surface area contributed by atoms with E-state index in [0.717, 1.165) is 28.3 Å². The van der Waals surface area contributed by atoms with Gasteiger partial charge in [0.25, 0.3) is 0 Å². The van der Waals surface area contributed by atoms with Crippen LogP contribution in [0, 0.1) is 6.92 Å². The highest BCUT2D eigenvalue weighted by Crippen LogP contribution is 2.44. The maximum Gasteiger partial charge on any atom is 0.488 e. The van der Waals surface area contributed by atoms with Crippen LogP contribution in [-0.2, 0) is 4.74 Å². The number of hydrogen-bond acceptors (Lipinski definition) is 5. The number of nitrogens with one attached hydrogen (secondary N) is 1. The lowest BCUT2D eigenvalue weighted by Gasteiger charge is -2.16. The maximum absolute atomic E-state index is 12.5. The van der Waals surface area contributed by atoms with Crippen molar-refractivity contribution < 1.29 is 29.5 Å². The molecule has 156 valence electrons. The average molecular weight is 417 g/mol. The summed E-state index contributed by atoms with van der Waals surface area (Å²) in [4.78, 5) is 23.9. The molecule has 0 radical (unpaired) electrons. The first-order valence-electron chi connectivity index (χ1n) is 9.72. The Kier molecular flexibility index (Phi) is 5.50. The molecule has 0 aliphatic heterocycles. The Morgan fingerprint density at radius 2 is 1.58 bits per heavy atom. The summed E-state index contributed by atoms with van der Waals surface area (Å²) < 4.78 is 5.48. The largest absolute Gasteiger partial charge is 0.488 e. The predicted octanol–water partition coefficient (Wildman–Crippen LogP) is 2.73. The van der Waals surface area contributed by atoms with E-state index < -0.39 is 19.2 Å². The molecule has 0 fully saturated rings. The third-order valence-corrected chi connectivity index (χ3v) is 5.55. The Bertz CT molecular complexity index is 1130. The molecule has 0 heterocycles. The van der Waals surface area contributed by atoms with Crippen LogP contribution in [0.25, 0.3) is 11.1 Å². The zero-order chi connectivity index (χ0) is 22.1. The molecule has 0 saturated carbocycles. The molecule has 1 aliphatic rings. The van der Waals surface area contributed by atoms with E-state index in [9.17, 15) is 24.7 Å². The first-order valence-corrected chi connectivity index (χ1v) is 9.72. The standard InChI is InChI=1S/C23H20BNO6/c1-13-20(24(29)30)10-14(22(26)27)11-21(13)25-23(28)31-12-19-17-8-4-2-6-15(17)16-7-3-5-9-18(16)19/h2-11,19,29-30H,12H2,1H3,(H,25,28)(H,26,27). The molecular weight excluding hydrogens is 397 g/mol. The van der Waals surface area contributed by atoms with Crippen LogP contribution in [0.5, 0.6) is 0 Å². The number of carboxylic acid groups (broad SMARTS) is 1. The molecule has 0 atom stereocenters. The molecule has 3 aromatic carbocycles. The van der Waals surface area contributed by atoms with E-state index >= 15 is 0 Å². The minimum absolute atomic E-state index is 0.00570. The van der Waals surface area contributed by atoms with Gasteiger partial charge in [0.15, 0.2) is 0 Å². The molecule has 7 nitrogen and oxygen atoms in total. The summed E-state index contributed by atoms with van der Waals surface area (Å²) in [5, 5.41) is 30.8. The van der Waals surface area contributed by atoms with Crippen LogP contribution in [-0.4, -0.2) is 40.9 Å². The monoisotopic (exact) mass is 417 g/mol. The van der Waals surface area contributed by atoms with Crippen molar-refractivity contribution in [2.75, 3.05) is 11.9 Å². The highest BCUT2D eigenvalue weighted by Gasteiger charge is 2.29. The summed E-state index contributed by atoms with van der Waals surface area (Å²) in [7, 11) is -1.87. The summed E-state index contributed by atoms with van der Waals surface area (Å²) in [5.41, 5.74) is 4.67. The van der Waals surface area contributed by atoms with Gasteiger partial charge in [-0.25, -0.2) is 9.59 Å². The molecule has 4 N–H and O–H groups in total. The van der Waals surface area contributed by atoms with Crippen LogP contribution >= 0.6 is 0 Å². The van der Waals surface area contributed by atoms with Crippen LogP contribution in [0.15, 0.2) is 60.7 Å². The predicted molar refractivity (Wildman–Crippen MR) is 117 cm³/mol. The minimum Gasteiger partial charge on any atom is -0.478 e. The normalized spacial score (nSPS) is 12.1. The fourth-order valence-corrected chi connectivity index (χ4v) is 4.00. The number of benzene rings is 3. The van der Waals surface area contributed by atoms with Crippen LogP contribution in [0.4, 0.5) is 10.5 Å². The van der Waals surface area contributed by atoms with Crippen LogP contribution < -0.4 is 10.8 Å². The molecule has 3 aromatic rings. The zero-order valence-corrected chi connectivity index (χ0v) is 16.7. The second-order valence-corrected chi connectivity index (χ2v) is 7.37. The third-order valence-electron chi connectivity index (χ3n) is 5.55. The fraction of sp³-hybridized carbons (Fsp3) is 0.130. The van der Waals surface area contributed by atoms with E-state index in [1.165, 1.54) is 6.07 Å². The Labute approximate surface area is 179 Å². The summed E-state index contributed by atoms with van der Waals surface area (Å²) >= 11 is 0. The first-order chi connectivity index (χ1) is 14.9. The number of anilines is 1. The minimum atomic E-state index is -1.87. The smallest absolute Gasteiger partial charge is 0.478 e. The number of carbonyl (C=O) groups is 2. The number of carbonyl (C=O) groups excluding carboxylic acids is 1. The maximum atomic E-state index is 12.5. The van der Waals surface area contributed by atoms with Crippen molar-refractivity contribution in [2.24, 2.45) is 0 Å². The zero-order valence-electron chi connectivity index (χ0n) is 16.7. The van der Waals surface area contributed by atoms with Gasteiger partial charge >= 0.3 is 19.2 Å². The Morgan fingerprint density at radius 3 is 2.13 bits per heavy atom. The van der Waals surface area contributed by atoms with Gasteiger partial charge in [-0.1, -0.05) is 48.5 Å². The van der Waals surface area contributed by atoms with Crippen LogP contribution in [0.3, 0.4) is 0 Å². The summed E-state index contributed by atoms with van der Waals surface area (Å²) in [5.74, 6) is -1.36. The van der Waals surface area contributed by atoms with E-state index in [4.69, 9.17) is 4.74 Å². The van der Waals surface area contributed by atoms with Gasteiger partial charge < -0.3 is 19.9 Å². The lowest BCUT2D eigenvalue weighted by atomic mass is 9.76. The molecule has 1 amide bonds. The number of carboxylic acids is 1. The fourth-order valence-electron chi connectivity index (χ4n) is 4.00. The number of hydrogen-bond donors (Lipinski definition) is 4. The van der Waals surface area contributed by atoms with Gasteiger partial charge in [0, 0.05) is 11.6 Å². The summed E-state index contributed by atoms with van der Waals surface area (Å²) in [6.07, 6.45) is -0.758. The van der Waals surface area contributed by atoms with Gasteiger partial charge in [-0.3, -0.25) is 5.32 Å². The molecule has 0 bridgehead atoms. The van der Waals surface area contributed by atoms with Crippen molar-refractivity contribution in [3.63, 3.8) is 0 Å². The van der Waals surface area contributed by atoms with E-state index in [0.29, 0.717) is 5.56 Å². The van der Waals surface area contributed by atoms with Gasteiger partial charge in [-0.05, 0) is 52.3 Å². The van der Waals surface area contributed by atoms with Crippen LogP contribution in [0.2, 0.25) is 0 Å². The van der Waals surface area contributed by atoms with Crippen molar-refractivity contribution >= 4 is 30.3 Å². The molecule has 0 aromatic heterocycles. The quantitative estimate of drug-likeness (QED) is 0.475. The van der Waals surface area contributed by atoms with E-state index in [-0.39, 0.29) is 29.2 Å². The Balaban J connectivity index is 1.54. The van der Waals surface area contributed by atoms with Crippen molar-refractivity contribution in [1.29, 1.82) is 0 Å². The molecule has 1 aliphatic carbocycles. The molecule has 0 unspecified atom stereocenters. The number of rotatable bonds is 5. The van der Waals surface area contributed by atoms with Crippen molar-refractivity contribution in [1.82, 2.24) is 0 Å². The molecule has 4 rings (SSSR count). The summed E-state index contributed by atoms with van der Waals surface area (Å²) in [6.45, 7) is 1.66. The van der Waals surface area contributed by atoms with Gasteiger partial charge in [-0.2, -0.15) is 0 Å². The molecular formula is C23H20BNO6. The molecule has 31 heavy (non-hydrogen) atoms. The number of aromatic carboxylic acids is 1. The number of ether oxygens (including phenoxy) is 1. The molecule has 0 saturated heterocycles. The lowest BCUT2D eigenvalue weighted by Crippen LogP contribution is -2.34. The van der Waals surface area contributed by atoms with E-state index in [2.05, 4.69) is 5.32 Å². The SMILES string of the molecule is Cc1c(NC(=O)OCC2c3ccccc3-c3ccccc32)cc(C(=O)O)cc1B(O)O. The van der Waals surface area contributed by atoms with Gasteiger partial charge in [-0.15, -0.1) is 0 Å². The second-order valence-electron chi connectivity index (χ2n) is 7.37. The van der Waals surface area contributed by atoms with Crippen LogP contribution in [0.1, 0.15) is 33.0 Å². The van der Waals surface area contributed by atoms with E-state index in [1.54, 1.807) is 6.92 Å². The highest BCUT2D eigenvalue weighted by atomic mass is 16.5. The third kappa shape index (κ3) is 3.91. The van der Waals surface area contributed by atoms with Gasteiger partial charge in [0.05, 0.1) is 5.56 Å². The van der Waals surface area contributed by atoms with E-state index in [1.807, 2.05) is 48.5 Å². The van der Waals surface area contributed by atoms with Crippen molar-refractivity contribution in [3.05, 3.63) is 82.9 Å². The molecule has 8 heteroatoms. The van der Waals surface area contributed by atoms with Gasteiger partial charge in [0.1, 0.15) is 6.61 Å². The highest BCUT2D eigenvalue weighted by molar-refractivity contribution is 6.59. The first kappa shape index (κ1) is 20.6. The second kappa shape index (κ2) is 8.25. The molecule has 0 spiro atoms. The topological polar surface area (TPSA) is 116 Å².